The first-order chi connectivity index (χ1) is 12.7. The number of methoxy groups -OCH3 is 2. The number of benzene rings is 1. The Balaban J connectivity index is 0.00000364. The van der Waals surface area contributed by atoms with Crippen LogP contribution >= 0.6 is 47.1 Å². The second-order valence-corrected chi connectivity index (χ2v) is 7.74. The minimum atomic E-state index is 0. The van der Waals surface area contributed by atoms with E-state index < -0.39 is 0 Å². The summed E-state index contributed by atoms with van der Waals surface area (Å²) in [7, 11) is 7.14. The highest BCUT2D eigenvalue weighted by Gasteiger charge is 2.11. The van der Waals surface area contributed by atoms with E-state index in [1.54, 1.807) is 44.4 Å². The van der Waals surface area contributed by atoms with Gasteiger partial charge in [0.1, 0.15) is 15.8 Å². The SMILES string of the molecule is CN=C(NCCCSc1nccs1)N(C)Cc1ccc(OC)cc1OC.I. The number of aliphatic imine (C=N–C) groups is 1. The Labute approximate surface area is 186 Å². The van der Waals surface area contributed by atoms with Crippen molar-refractivity contribution in [1.82, 2.24) is 15.2 Å². The zero-order valence-electron chi connectivity index (χ0n) is 16.1. The number of halogens is 1. The van der Waals surface area contributed by atoms with Crippen molar-refractivity contribution in [2.75, 3.05) is 40.6 Å². The Morgan fingerprint density at radius 1 is 1.33 bits per heavy atom. The molecule has 9 heteroatoms. The molecule has 0 aliphatic rings. The molecular weight excluding hydrogens is 495 g/mol. The molecule has 0 saturated heterocycles. The lowest BCUT2D eigenvalue weighted by Crippen LogP contribution is -2.39. The molecule has 1 heterocycles. The fourth-order valence-electron chi connectivity index (χ4n) is 2.41. The Morgan fingerprint density at radius 3 is 2.78 bits per heavy atom. The molecule has 0 aliphatic carbocycles. The van der Waals surface area contributed by atoms with E-state index in [-0.39, 0.29) is 24.0 Å². The van der Waals surface area contributed by atoms with Crippen molar-refractivity contribution in [3.63, 3.8) is 0 Å². The lowest BCUT2D eigenvalue weighted by molar-refractivity contribution is 0.382. The van der Waals surface area contributed by atoms with Crippen LogP contribution in [-0.2, 0) is 6.54 Å². The molecule has 1 N–H and O–H groups in total. The van der Waals surface area contributed by atoms with E-state index >= 15 is 0 Å². The monoisotopic (exact) mass is 522 g/mol. The average molecular weight is 522 g/mol. The van der Waals surface area contributed by atoms with Crippen LogP contribution in [0.4, 0.5) is 0 Å². The molecule has 0 bridgehead atoms. The van der Waals surface area contributed by atoms with Gasteiger partial charge in [0, 0.05) is 56.1 Å². The number of thioether (sulfide) groups is 1. The number of thiazole rings is 1. The Kier molecular flexibility index (Phi) is 11.5. The number of hydrogen-bond donors (Lipinski definition) is 1. The van der Waals surface area contributed by atoms with Gasteiger partial charge in [0.2, 0.25) is 0 Å². The van der Waals surface area contributed by atoms with E-state index in [1.165, 1.54) is 0 Å². The Bertz CT molecular complexity index is 699. The Hall–Kier alpha value is -1.20. The molecular formula is C18H27IN4O2S2. The second kappa shape index (κ2) is 13.1. The Morgan fingerprint density at radius 2 is 2.15 bits per heavy atom. The lowest BCUT2D eigenvalue weighted by atomic mass is 10.2. The van der Waals surface area contributed by atoms with E-state index in [0.29, 0.717) is 6.54 Å². The van der Waals surface area contributed by atoms with Gasteiger partial charge in [0.05, 0.1) is 14.2 Å². The number of nitrogens with zero attached hydrogens (tertiary/aromatic N) is 3. The van der Waals surface area contributed by atoms with Gasteiger partial charge in [-0.1, -0.05) is 11.8 Å². The molecule has 150 valence electrons. The molecule has 0 atom stereocenters. The number of hydrogen-bond acceptors (Lipinski definition) is 6. The molecule has 2 aromatic rings. The normalized spacial score (nSPS) is 10.9. The summed E-state index contributed by atoms with van der Waals surface area (Å²) in [4.78, 5) is 10.7. The largest absolute Gasteiger partial charge is 0.497 e. The first-order valence-corrected chi connectivity index (χ1v) is 10.2. The molecule has 2 rings (SSSR count). The molecule has 0 fully saturated rings. The van der Waals surface area contributed by atoms with E-state index in [0.717, 1.165) is 46.1 Å². The molecule has 27 heavy (non-hydrogen) atoms. The first kappa shape index (κ1) is 23.8. The van der Waals surface area contributed by atoms with Gasteiger partial charge in [-0.3, -0.25) is 4.99 Å². The third kappa shape index (κ3) is 7.74. The number of guanidine groups is 1. The summed E-state index contributed by atoms with van der Waals surface area (Å²) in [5, 5.41) is 5.41. The van der Waals surface area contributed by atoms with Gasteiger partial charge in [-0.25, -0.2) is 4.98 Å². The molecule has 1 aromatic heterocycles. The molecule has 6 nitrogen and oxygen atoms in total. The lowest BCUT2D eigenvalue weighted by Gasteiger charge is -2.23. The maximum absolute atomic E-state index is 5.48. The van der Waals surface area contributed by atoms with E-state index in [1.807, 2.05) is 36.8 Å². The smallest absolute Gasteiger partial charge is 0.193 e. The molecule has 1 aromatic carbocycles. The summed E-state index contributed by atoms with van der Waals surface area (Å²) in [6, 6.07) is 5.86. The van der Waals surface area contributed by atoms with Crippen LogP contribution in [0.1, 0.15) is 12.0 Å². The van der Waals surface area contributed by atoms with Crippen LogP contribution in [0.5, 0.6) is 11.5 Å². The van der Waals surface area contributed by atoms with Crippen molar-refractivity contribution >= 4 is 53.0 Å². The maximum Gasteiger partial charge on any atom is 0.193 e. The van der Waals surface area contributed by atoms with Crippen molar-refractivity contribution in [1.29, 1.82) is 0 Å². The predicted molar refractivity (Wildman–Crippen MR) is 125 cm³/mol. The van der Waals surface area contributed by atoms with Crippen LogP contribution in [0, 0.1) is 0 Å². The molecule has 0 spiro atoms. The third-order valence-electron chi connectivity index (χ3n) is 3.71. The van der Waals surface area contributed by atoms with Crippen LogP contribution in [-0.4, -0.2) is 56.5 Å². The van der Waals surface area contributed by atoms with Crippen molar-refractivity contribution in [3.05, 3.63) is 35.3 Å². The summed E-state index contributed by atoms with van der Waals surface area (Å²) < 4.78 is 11.9. The fraction of sp³-hybridized carbons (Fsp3) is 0.444. The molecule has 0 unspecified atom stereocenters. The van der Waals surface area contributed by atoms with E-state index in [2.05, 4.69) is 20.2 Å². The third-order valence-corrected chi connectivity index (χ3v) is 5.77. The minimum Gasteiger partial charge on any atom is -0.497 e. The van der Waals surface area contributed by atoms with Crippen molar-refractivity contribution in [2.45, 2.75) is 17.3 Å². The van der Waals surface area contributed by atoms with Gasteiger partial charge in [0.25, 0.3) is 0 Å². The van der Waals surface area contributed by atoms with Crippen LogP contribution in [0.25, 0.3) is 0 Å². The number of rotatable bonds is 9. The minimum absolute atomic E-state index is 0. The number of aromatic nitrogens is 1. The first-order valence-electron chi connectivity index (χ1n) is 8.33. The van der Waals surface area contributed by atoms with Crippen LogP contribution in [0.15, 0.2) is 39.1 Å². The van der Waals surface area contributed by atoms with Gasteiger partial charge >= 0.3 is 0 Å². The highest BCUT2D eigenvalue weighted by molar-refractivity contribution is 14.0. The average Bonchev–Trinajstić information content (AvgIpc) is 3.18. The maximum atomic E-state index is 5.48. The summed E-state index contributed by atoms with van der Waals surface area (Å²) >= 11 is 3.47. The number of ether oxygens (including phenoxy) is 2. The van der Waals surface area contributed by atoms with Crippen LogP contribution < -0.4 is 14.8 Å². The van der Waals surface area contributed by atoms with E-state index in [4.69, 9.17) is 9.47 Å². The summed E-state index contributed by atoms with van der Waals surface area (Å²) in [5.41, 5.74) is 1.08. The zero-order valence-corrected chi connectivity index (χ0v) is 20.1. The van der Waals surface area contributed by atoms with Crippen molar-refractivity contribution in [3.8, 4) is 11.5 Å². The van der Waals surface area contributed by atoms with Gasteiger partial charge in [-0.05, 0) is 18.6 Å². The molecule has 0 aliphatic heterocycles. The zero-order chi connectivity index (χ0) is 18.8. The summed E-state index contributed by atoms with van der Waals surface area (Å²) in [6.45, 7) is 1.57. The van der Waals surface area contributed by atoms with Gasteiger partial charge in [-0.15, -0.1) is 35.3 Å². The molecule has 0 amide bonds. The fourth-order valence-corrected chi connectivity index (χ4v) is 4.06. The van der Waals surface area contributed by atoms with Crippen LogP contribution in [0.2, 0.25) is 0 Å². The van der Waals surface area contributed by atoms with Gasteiger partial charge in [-0.2, -0.15) is 0 Å². The topological polar surface area (TPSA) is 59.0 Å². The second-order valence-electron chi connectivity index (χ2n) is 5.51. The standard InChI is InChI=1S/C18H26N4O2S2.HI/c1-19-17(20-8-5-10-25-18-21-9-11-26-18)22(2)13-14-6-7-15(23-3)12-16(14)24-4;/h6-7,9,11-12H,5,8,10,13H2,1-4H3,(H,19,20);1H. The van der Waals surface area contributed by atoms with Gasteiger partial charge < -0.3 is 19.7 Å². The van der Waals surface area contributed by atoms with Gasteiger partial charge in [0.15, 0.2) is 5.96 Å². The number of nitrogens with one attached hydrogen (secondary N) is 1. The summed E-state index contributed by atoms with van der Waals surface area (Å²) in [6.07, 6.45) is 2.89. The molecule has 0 radical (unpaired) electrons. The predicted octanol–water partition coefficient (Wildman–Crippen LogP) is 3.97. The highest BCUT2D eigenvalue weighted by Crippen LogP contribution is 2.25. The van der Waals surface area contributed by atoms with Crippen molar-refractivity contribution < 1.29 is 9.47 Å². The van der Waals surface area contributed by atoms with Crippen LogP contribution in [0.3, 0.4) is 0 Å². The highest BCUT2D eigenvalue weighted by atomic mass is 127. The van der Waals surface area contributed by atoms with E-state index in [9.17, 15) is 0 Å². The van der Waals surface area contributed by atoms with Crippen molar-refractivity contribution in [2.24, 2.45) is 4.99 Å². The quantitative estimate of drug-likeness (QED) is 0.177. The summed E-state index contributed by atoms with van der Waals surface area (Å²) in [5.74, 6) is 3.50. The molecule has 0 saturated carbocycles.